The smallest absolute Gasteiger partial charge is 0.147 e. The van der Waals surface area contributed by atoms with Crippen molar-refractivity contribution in [3.05, 3.63) is 27.5 Å². The summed E-state index contributed by atoms with van der Waals surface area (Å²) in [4.78, 5) is 0. The van der Waals surface area contributed by atoms with Gasteiger partial charge in [0.15, 0.2) is 0 Å². The van der Waals surface area contributed by atoms with Gasteiger partial charge < -0.3 is 5.73 Å². The SMILES string of the molecule is CCc1c(N)c(C)c(C)c(Cl)c1F. The summed E-state index contributed by atoms with van der Waals surface area (Å²) in [5.74, 6) is -0.371. The molecule has 0 spiro atoms. The summed E-state index contributed by atoms with van der Waals surface area (Å²) in [5, 5.41) is 0.198. The van der Waals surface area contributed by atoms with Gasteiger partial charge in [0.05, 0.1) is 5.02 Å². The molecule has 0 radical (unpaired) electrons. The fourth-order valence-corrected chi connectivity index (χ4v) is 1.61. The standard InChI is InChI=1S/C10H13ClFN/c1-4-7-9(12)8(11)5(2)6(3)10(7)13/h4,13H2,1-3H3. The Labute approximate surface area is 82.7 Å². The lowest BCUT2D eigenvalue weighted by Gasteiger charge is -2.13. The number of hydrogen-bond donors (Lipinski definition) is 1. The average Bonchev–Trinajstić information content (AvgIpc) is 2.13. The van der Waals surface area contributed by atoms with E-state index in [-0.39, 0.29) is 10.8 Å². The summed E-state index contributed by atoms with van der Waals surface area (Å²) in [6.45, 7) is 5.49. The van der Waals surface area contributed by atoms with Gasteiger partial charge in [-0.15, -0.1) is 0 Å². The van der Waals surface area contributed by atoms with Crippen molar-refractivity contribution in [2.75, 3.05) is 5.73 Å². The Morgan fingerprint density at radius 2 is 1.85 bits per heavy atom. The van der Waals surface area contributed by atoms with Crippen LogP contribution in [0.15, 0.2) is 0 Å². The Morgan fingerprint density at radius 3 is 2.31 bits per heavy atom. The van der Waals surface area contributed by atoms with Crippen LogP contribution in [0.4, 0.5) is 10.1 Å². The third kappa shape index (κ3) is 1.51. The molecule has 1 aromatic rings. The number of anilines is 1. The Balaban J connectivity index is 3.56. The highest BCUT2D eigenvalue weighted by molar-refractivity contribution is 6.31. The number of nitrogen functional groups attached to an aromatic ring is 1. The molecule has 1 aromatic carbocycles. The Kier molecular flexibility index (Phi) is 2.81. The molecule has 0 saturated carbocycles. The maximum Gasteiger partial charge on any atom is 0.147 e. The highest BCUT2D eigenvalue weighted by atomic mass is 35.5. The number of benzene rings is 1. The zero-order valence-electron chi connectivity index (χ0n) is 8.04. The minimum Gasteiger partial charge on any atom is -0.398 e. The van der Waals surface area contributed by atoms with Gasteiger partial charge in [0.1, 0.15) is 5.82 Å². The van der Waals surface area contributed by atoms with Crippen LogP contribution < -0.4 is 5.73 Å². The average molecular weight is 202 g/mol. The first-order valence-electron chi connectivity index (χ1n) is 4.23. The van der Waals surface area contributed by atoms with E-state index in [2.05, 4.69) is 0 Å². The molecule has 0 atom stereocenters. The van der Waals surface area contributed by atoms with Crippen LogP contribution in [0, 0.1) is 19.7 Å². The molecule has 1 rings (SSSR count). The van der Waals surface area contributed by atoms with Gasteiger partial charge in [0.25, 0.3) is 0 Å². The highest BCUT2D eigenvalue weighted by Crippen LogP contribution is 2.31. The zero-order valence-corrected chi connectivity index (χ0v) is 8.80. The predicted molar refractivity (Wildman–Crippen MR) is 54.7 cm³/mol. The van der Waals surface area contributed by atoms with Gasteiger partial charge in [-0.3, -0.25) is 0 Å². The summed E-state index contributed by atoms with van der Waals surface area (Å²) < 4.78 is 13.5. The summed E-state index contributed by atoms with van der Waals surface area (Å²) in [7, 11) is 0. The number of nitrogens with two attached hydrogens (primary N) is 1. The lowest BCUT2D eigenvalue weighted by Crippen LogP contribution is -2.03. The normalized spacial score (nSPS) is 10.5. The topological polar surface area (TPSA) is 26.0 Å². The number of rotatable bonds is 1. The second kappa shape index (κ2) is 3.54. The molecule has 0 aromatic heterocycles. The third-order valence-electron chi connectivity index (χ3n) is 2.43. The molecule has 3 heteroatoms. The molecule has 0 heterocycles. The van der Waals surface area contributed by atoms with Crippen molar-refractivity contribution in [2.24, 2.45) is 0 Å². The maximum absolute atomic E-state index is 13.5. The van der Waals surface area contributed by atoms with Crippen molar-refractivity contribution in [2.45, 2.75) is 27.2 Å². The maximum atomic E-state index is 13.5. The minimum atomic E-state index is -0.371. The molecule has 0 aliphatic rings. The molecular formula is C10H13ClFN. The van der Waals surface area contributed by atoms with Crippen molar-refractivity contribution in [1.29, 1.82) is 0 Å². The number of halogens is 2. The van der Waals surface area contributed by atoms with Crippen molar-refractivity contribution < 1.29 is 4.39 Å². The monoisotopic (exact) mass is 201 g/mol. The summed E-state index contributed by atoms with van der Waals surface area (Å²) in [6.07, 6.45) is 0.568. The summed E-state index contributed by atoms with van der Waals surface area (Å²) in [6, 6.07) is 0. The van der Waals surface area contributed by atoms with Crippen LogP contribution in [0.5, 0.6) is 0 Å². The van der Waals surface area contributed by atoms with Crippen LogP contribution >= 0.6 is 11.6 Å². The first-order valence-corrected chi connectivity index (χ1v) is 4.61. The fourth-order valence-electron chi connectivity index (χ4n) is 1.35. The molecule has 13 heavy (non-hydrogen) atoms. The van der Waals surface area contributed by atoms with Crippen LogP contribution in [0.1, 0.15) is 23.6 Å². The lowest BCUT2D eigenvalue weighted by atomic mass is 10.0. The van der Waals surface area contributed by atoms with Crippen LogP contribution in [0.25, 0.3) is 0 Å². The molecule has 0 saturated heterocycles. The Morgan fingerprint density at radius 1 is 1.31 bits per heavy atom. The van der Waals surface area contributed by atoms with Crippen LogP contribution in [-0.4, -0.2) is 0 Å². The van der Waals surface area contributed by atoms with Crippen molar-refractivity contribution in [1.82, 2.24) is 0 Å². The lowest BCUT2D eigenvalue weighted by molar-refractivity contribution is 0.612. The van der Waals surface area contributed by atoms with Crippen LogP contribution in [0.3, 0.4) is 0 Å². The first kappa shape index (κ1) is 10.3. The van der Waals surface area contributed by atoms with Gasteiger partial charge in [0.2, 0.25) is 0 Å². The van der Waals surface area contributed by atoms with Gasteiger partial charge in [-0.1, -0.05) is 18.5 Å². The second-order valence-electron chi connectivity index (χ2n) is 3.12. The van der Waals surface area contributed by atoms with E-state index in [4.69, 9.17) is 17.3 Å². The van der Waals surface area contributed by atoms with E-state index < -0.39 is 0 Å². The van der Waals surface area contributed by atoms with E-state index in [0.717, 1.165) is 11.1 Å². The summed E-state index contributed by atoms with van der Waals surface area (Å²) >= 11 is 5.81. The van der Waals surface area contributed by atoms with E-state index in [1.165, 1.54) is 0 Å². The molecule has 2 N–H and O–H groups in total. The highest BCUT2D eigenvalue weighted by Gasteiger charge is 2.15. The van der Waals surface area contributed by atoms with Crippen LogP contribution in [0.2, 0.25) is 5.02 Å². The van der Waals surface area contributed by atoms with Crippen LogP contribution in [-0.2, 0) is 6.42 Å². The van der Waals surface area contributed by atoms with E-state index in [1.807, 2.05) is 13.8 Å². The molecule has 0 unspecified atom stereocenters. The molecule has 72 valence electrons. The fraction of sp³-hybridized carbons (Fsp3) is 0.400. The zero-order chi connectivity index (χ0) is 10.2. The third-order valence-corrected chi connectivity index (χ3v) is 2.88. The Hall–Kier alpha value is -0.760. The quantitative estimate of drug-likeness (QED) is 0.694. The molecule has 0 bridgehead atoms. The Bertz CT molecular complexity index is 318. The van der Waals surface area contributed by atoms with E-state index >= 15 is 0 Å². The van der Waals surface area contributed by atoms with Gasteiger partial charge >= 0.3 is 0 Å². The molecular weight excluding hydrogens is 189 g/mol. The first-order chi connectivity index (χ1) is 6.00. The minimum absolute atomic E-state index is 0.198. The van der Waals surface area contributed by atoms with E-state index in [0.29, 0.717) is 17.7 Å². The van der Waals surface area contributed by atoms with E-state index in [1.54, 1.807) is 6.92 Å². The van der Waals surface area contributed by atoms with Gasteiger partial charge in [-0.2, -0.15) is 0 Å². The predicted octanol–water partition coefficient (Wildman–Crippen LogP) is 3.24. The molecule has 1 nitrogen and oxygen atoms in total. The second-order valence-corrected chi connectivity index (χ2v) is 3.50. The van der Waals surface area contributed by atoms with Crippen molar-refractivity contribution in [3.8, 4) is 0 Å². The largest absolute Gasteiger partial charge is 0.398 e. The van der Waals surface area contributed by atoms with Gasteiger partial charge in [-0.25, -0.2) is 4.39 Å². The number of hydrogen-bond acceptors (Lipinski definition) is 1. The molecule has 0 fully saturated rings. The van der Waals surface area contributed by atoms with Crippen molar-refractivity contribution >= 4 is 17.3 Å². The van der Waals surface area contributed by atoms with Crippen molar-refractivity contribution in [3.63, 3.8) is 0 Å². The molecule has 0 aliphatic heterocycles. The summed E-state index contributed by atoms with van der Waals surface area (Å²) in [5.41, 5.74) is 8.42. The van der Waals surface area contributed by atoms with E-state index in [9.17, 15) is 4.39 Å². The van der Waals surface area contributed by atoms with Gasteiger partial charge in [-0.05, 0) is 31.4 Å². The van der Waals surface area contributed by atoms with Gasteiger partial charge in [0, 0.05) is 11.3 Å². The molecule has 0 aliphatic carbocycles. The molecule has 0 amide bonds.